The number of hydrogen-bond acceptors (Lipinski definition) is 4. The fourth-order valence-electron chi connectivity index (χ4n) is 2.43. The SMILES string of the molecule is CC(C)(C)OO[C@@]1(C)C(=O)[C@@H]2O[C@@H]2c2ccccc21. The molecule has 4 heteroatoms. The maximum Gasteiger partial charge on any atom is 0.203 e. The van der Waals surface area contributed by atoms with Gasteiger partial charge >= 0.3 is 0 Å². The molecule has 2 aliphatic rings. The lowest BCUT2D eigenvalue weighted by molar-refractivity contribution is -0.395. The molecule has 0 spiro atoms. The first-order valence-corrected chi connectivity index (χ1v) is 6.49. The maximum atomic E-state index is 12.4. The van der Waals surface area contributed by atoms with Crippen molar-refractivity contribution in [2.24, 2.45) is 0 Å². The summed E-state index contributed by atoms with van der Waals surface area (Å²) >= 11 is 0. The summed E-state index contributed by atoms with van der Waals surface area (Å²) in [7, 11) is 0. The average Bonchev–Trinajstić information content (AvgIpc) is 3.13. The van der Waals surface area contributed by atoms with Gasteiger partial charge in [-0.2, -0.15) is 0 Å². The van der Waals surface area contributed by atoms with E-state index in [4.69, 9.17) is 14.5 Å². The van der Waals surface area contributed by atoms with Crippen LogP contribution in [0.5, 0.6) is 0 Å². The Kier molecular flexibility index (Phi) is 2.61. The fourth-order valence-corrected chi connectivity index (χ4v) is 2.43. The molecule has 0 N–H and O–H groups in total. The molecule has 0 unspecified atom stereocenters. The minimum absolute atomic E-state index is 0.0690. The van der Waals surface area contributed by atoms with Crippen molar-refractivity contribution in [1.29, 1.82) is 0 Å². The van der Waals surface area contributed by atoms with Gasteiger partial charge in [-0.05, 0) is 33.3 Å². The number of fused-ring (bicyclic) bond motifs is 3. The predicted molar refractivity (Wildman–Crippen MR) is 68.3 cm³/mol. The summed E-state index contributed by atoms with van der Waals surface area (Å²) in [6.45, 7) is 7.39. The second-order valence-electron chi connectivity index (χ2n) is 6.24. The number of carbonyl (C=O) groups is 1. The van der Waals surface area contributed by atoms with Crippen molar-refractivity contribution in [1.82, 2.24) is 0 Å². The van der Waals surface area contributed by atoms with E-state index in [9.17, 15) is 4.79 Å². The first kappa shape index (κ1) is 12.8. The maximum absolute atomic E-state index is 12.4. The number of epoxide rings is 1. The molecule has 19 heavy (non-hydrogen) atoms. The zero-order chi connectivity index (χ0) is 13.8. The number of hydrogen-bond donors (Lipinski definition) is 0. The third-order valence-corrected chi connectivity index (χ3v) is 3.46. The zero-order valence-corrected chi connectivity index (χ0v) is 11.6. The molecule has 1 fully saturated rings. The summed E-state index contributed by atoms with van der Waals surface area (Å²) in [5.74, 6) is -0.0690. The summed E-state index contributed by atoms with van der Waals surface area (Å²) in [5.41, 5.74) is 0.288. The number of Topliss-reactive ketones (excluding diaryl/α,β-unsaturated/α-hetero) is 1. The van der Waals surface area contributed by atoms with Crippen LogP contribution in [0.4, 0.5) is 0 Å². The van der Waals surface area contributed by atoms with Crippen molar-refractivity contribution >= 4 is 5.78 Å². The van der Waals surface area contributed by atoms with Gasteiger partial charge in [-0.1, -0.05) is 24.3 Å². The molecule has 1 aromatic carbocycles. The third kappa shape index (κ3) is 2.00. The molecule has 1 heterocycles. The lowest BCUT2D eigenvalue weighted by Crippen LogP contribution is -2.43. The molecule has 1 aliphatic heterocycles. The summed E-state index contributed by atoms with van der Waals surface area (Å²) < 4.78 is 5.46. The first-order chi connectivity index (χ1) is 8.83. The molecule has 3 rings (SSSR count). The van der Waals surface area contributed by atoms with Gasteiger partial charge in [-0.15, -0.1) is 0 Å². The summed E-state index contributed by atoms with van der Waals surface area (Å²) in [6.07, 6.45) is -0.488. The van der Waals surface area contributed by atoms with E-state index in [2.05, 4.69) is 0 Å². The van der Waals surface area contributed by atoms with Crippen LogP contribution in [-0.4, -0.2) is 17.5 Å². The number of ether oxygens (including phenoxy) is 1. The van der Waals surface area contributed by atoms with E-state index in [1.54, 1.807) is 6.92 Å². The van der Waals surface area contributed by atoms with E-state index >= 15 is 0 Å². The second-order valence-corrected chi connectivity index (χ2v) is 6.24. The van der Waals surface area contributed by atoms with Crippen LogP contribution in [0.25, 0.3) is 0 Å². The lowest BCUT2D eigenvalue weighted by Gasteiger charge is -2.33. The highest BCUT2D eigenvalue weighted by Crippen LogP contribution is 2.52. The van der Waals surface area contributed by atoms with Crippen molar-refractivity contribution < 1.29 is 19.3 Å². The van der Waals surface area contributed by atoms with Crippen LogP contribution < -0.4 is 0 Å². The minimum atomic E-state index is -1.10. The van der Waals surface area contributed by atoms with E-state index in [1.165, 1.54) is 0 Å². The molecular weight excluding hydrogens is 244 g/mol. The molecular formula is C15H18O4. The summed E-state index contributed by atoms with van der Waals surface area (Å²) in [5, 5.41) is 0. The first-order valence-electron chi connectivity index (χ1n) is 6.49. The topological polar surface area (TPSA) is 48.1 Å². The van der Waals surface area contributed by atoms with Gasteiger partial charge in [0.05, 0.1) is 5.60 Å². The Bertz CT molecular complexity index is 531. The van der Waals surface area contributed by atoms with Crippen LogP contribution in [0.3, 0.4) is 0 Å². The van der Waals surface area contributed by atoms with Crippen LogP contribution in [-0.2, 0) is 24.9 Å². The highest BCUT2D eigenvalue weighted by molar-refractivity contribution is 5.96. The van der Waals surface area contributed by atoms with E-state index in [1.807, 2.05) is 45.0 Å². The zero-order valence-electron chi connectivity index (χ0n) is 11.6. The third-order valence-electron chi connectivity index (χ3n) is 3.46. The minimum Gasteiger partial charge on any atom is -0.356 e. The van der Waals surface area contributed by atoms with Crippen molar-refractivity contribution in [2.75, 3.05) is 0 Å². The molecule has 0 aromatic heterocycles. The molecule has 0 bridgehead atoms. The molecule has 0 amide bonds. The van der Waals surface area contributed by atoms with E-state index in [0.717, 1.165) is 11.1 Å². The van der Waals surface area contributed by atoms with Crippen molar-refractivity contribution in [2.45, 2.75) is 51.1 Å². The van der Waals surface area contributed by atoms with Crippen LogP contribution in [0.2, 0.25) is 0 Å². The van der Waals surface area contributed by atoms with Crippen molar-refractivity contribution in [3.8, 4) is 0 Å². The molecule has 3 atom stereocenters. The molecule has 0 radical (unpaired) electrons. The normalized spacial score (nSPS) is 32.7. The second kappa shape index (κ2) is 3.88. The lowest BCUT2D eigenvalue weighted by atomic mass is 9.79. The van der Waals surface area contributed by atoms with E-state index < -0.39 is 11.2 Å². The van der Waals surface area contributed by atoms with Crippen LogP contribution in [0, 0.1) is 0 Å². The largest absolute Gasteiger partial charge is 0.356 e. The Morgan fingerprint density at radius 2 is 1.89 bits per heavy atom. The molecule has 4 nitrogen and oxygen atoms in total. The van der Waals surface area contributed by atoms with Crippen LogP contribution in [0.15, 0.2) is 24.3 Å². The van der Waals surface area contributed by atoms with E-state index in [-0.39, 0.29) is 18.0 Å². The molecule has 1 aromatic rings. The Labute approximate surface area is 112 Å². The number of rotatable bonds is 2. The predicted octanol–water partition coefficient (Wildman–Crippen LogP) is 2.67. The molecule has 1 aliphatic carbocycles. The van der Waals surface area contributed by atoms with Gasteiger partial charge in [-0.3, -0.25) is 4.79 Å². The highest BCUT2D eigenvalue weighted by Gasteiger charge is 2.60. The van der Waals surface area contributed by atoms with Gasteiger partial charge in [-0.25, -0.2) is 9.78 Å². The highest BCUT2D eigenvalue weighted by atomic mass is 17.2. The van der Waals surface area contributed by atoms with Gasteiger partial charge in [0.1, 0.15) is 6.10 Å². The van der Waals surface area contributed by atoms with Gasteiger partial charge in [0.2, 0.25) is 5.78 Å². The summed E-state index contributed by atoms with van der Waals surface area (Å²) in [4.78, 5) is 23.4. The smallest absolute Gasteiger partial charge is 0.203 e. The molecule has 102 valence electrons. The number of benzene rings is 1. The van der Waals surface area contributed by atoms with Crippen molar-refractivity contribution in [3.05, 3.63) is 35.4 Å². The monoisotopic (exact) mass is 262 g/mol. The Hall–Kier alpha value is -1.23. The van der Waals surface area contributed by atoms with Crippen molar-refractivity contribution in [3.63, 3.8) is 0 Å². The quantitative estimate of drug-likeness (QED) is 0.467. The van der Waals surface area contributed by atoms with Gasteiger partial charge in [0, 0.05) is 5.56 Å². The van der Waals surface area contributed by atoms with Gasteiger partial charge in [0.25, 0.3) is 0 Å². The standard InChI is InChI=1S/C15H18O4/c1-14(2,3)18-19-15(4)10-8-6-5-7-9(10)11-12(17-11)13(15)16/h5-8,11-12H,1-4H3/t11-,12-,15-/m1/s1. The van der Waals surface area contributed by atoms with E-state index in [0.29, 0.717) is 0 Å². The molecule has 1 saturated heterocycles. The summed E-state index contributed by atoms with van der Waals surface area (Å²) in [6, 6.07) is 7.72. The van der Waals surface area contributed by atoms with Crippen LogP contribution in [0.1, 0.15) is 44.9 Å². The fraction of sp³-hybridized carbons (Fsp3) is 0.533. The Balaban J connectivity index is 1.98. The number of ketones is 1. The average molecular weight is 262 g/mol. The van der Waals surface area contributed by atoms with Gasteiger partial charge < -0.3 is 4.74 Å². The van der Waals surface area contributed by atoms with Gasteiger partial charge in [0.15, 0.2) is 11.7 Å². The molecule has 0 saturated carbocycles. The number of carbonyl (C=O) groups excluding carboxylic acids is 1. The Morgan fingerprint density at radius 3 is 2.58 bits per heavy atom. The van der Waals surface area contributed by atoms with Crippen LogP contribution >= 0.6 is 0 Å². The Morgan fingerprint density at radius 1 is 1.21 bits per heavy atom.